The van der Waals surface area contributed by atoms with Gasteiger partial charge in [0.05, 0.1) is 6.10 Å². The lowest BCUT2D eigenvalue weighted by molar-refractivity contribution is 0.0461. The van der Waals surface area contributed by atoms with Crippen LogP contribution < -0.4 is 0 Å². The van der Waals surface area contributed by atoms with E-state index in [2.05, 4.69) is 5.10 Å². The molecule has 2 atom stereocenters. The lowest BCUT2D eigenvalue weighted by atomic mass is 9.93. The van der Waals surface area contributed by atoms with Crippen molar-refractivity contribution in [1.82, 2.24) is 14.7 Å². The van der Waals surface area contributed by atoms with Crippen LogP contribution in [0.1, 0.15) is 35.9 Å². The van der Waals surface area contributed by atoms with Gasteiger partial charge in [0.15, 0.2) is 11.5 Å². The van der Waals surface area contributed by atoms with Gasteiger partial charge in [0.25, 0.3) is 5.91 Å². The molecule has 1 fully saturated rings. The van der Waals surface area contributed by atoms with E-state index in [9.17, 15) is 18.7 Å². The van der Waals surface area contributed by atoms with Gasteiger partial charge in [0.1, 0.15) is 11.5 Å². The van der Waals surface area contributed by atoms with Crippen LogP contribution in [0, 0.1) is 24.5 Å². The molecule has 2 unspecified atom stereocenters. The number of nitrogens with zero attached hydrogens (tertiary/aromatic N) is 3. The van der Waals surface area contributed by atoms with Crippen LogP contribution in [0.5, 0.6) is 0 Å². The molecule has 1 aliphatic heterocycles. The molecule has 0 bridgehead atoms. The van der Waals surface area contributed by atoms with E-state index in [1.54, 1.807) is 24.8 Å². The van der Waals surface area contributed by atoms with Crippen LogP contribution >= 0.6 is 0 Å². The van der Waals surface area contributed by atoms with Crippen molar-refractivity contribution in [3.63, 3.8) is 0 Å². The quantitative estimate of drug-likeness (QED) is 0.927. The summed E-state index contributed by atoms with van der Waals surface area (Å²) in [6, 6.07) is 4.83. The molecule has 2 aromatic rings. The first kappa shape index (κ1) is 17.5. The number of amides is 1. The van der Waals surface area contributed by atoms with E-state index in [0.717, 1.165) is 25.0 Å². The minimum absolute atomic E-state index is 0.0513. The van der Waals surface area contributed by atoms with Crippen molar-refractivity contribution < 1.29 is 18.7 Å². The summed E-state index contributed by atoms with van der Waals surface area (Å²) >= 11 is 0. The number of aromatic nitrogens is 2. The first-order valence-corrected chi connectivity index (χ1v) is 8.36. The van der Waals surface area contributed by atoms with E-state index >= 15 is 0 Å². The van der Waals surface area contributed by atoms with E-state index in [4.69, 9.17) is 0 Å². The number of halogens is 2. The number of rotatable bonds is 3. The molecule has 0 radical (unpaired) electrons. The van der Waals surface area contributed by atoms with Crippen molar-refractivity contribution in [1.29, 1.82) is 0 Å². The zero-order valence-corrected chi connectivity index (χ0v) is 14.2. The van der Waals surface area contributed by atoms with Gasteiger partial charge >= 0.3 is 0 Å². The van der Waals surface area contributed by atoms with Crippen molar-refractivity contribution in [3.8, 4) is 5.69 Å². The topological polar surface area (TPSA) is 58.4 Å². The van der Waals surface area contributed by atoms with Crippen LogP contribution in [-0.4, -0.2) is 44.9 Å². The number of hydrogen-bond acceptors (Lipinski definition) is 3. The third-order valence-electron chi connectivity index (χ3n) is 4.67. The fourth-order valence-corrected chi connectivity index (χ4v) is 3.23. The molecule has 5 nitrogen and oxygen atoms in total. The summed E-state index contributed by atoms with van der Waals surface area (Å²) in [4.78, 5) is 14.4. The fraction of sp³-hybridized carbons (Fsp3) is 0.444. The van der Waals surface area contributed by atoms with Gasteiger partial charge in [-0.3, -0.25) is 4.79 Å². The van der Waals surface area contributed by atoms with Crippen LogP contribution in [0.2, 0.25) is 0 Å². The molecule has 25 heavy (non-hydrogen) atoms. The van der Waals surface area contributed by atoms with Crippen molar-refractivity contribution in [3.05, 3.63) is 47.3 Å². The highest BCUT2D eigenvalue weighted by Gasteiger charge is 2.28. The number of hydrogen-bond donors (Lipinski definition) is 1. The number of carbonyl (C=O) groups excluding carboxylic acids is 1. The van der Waals surface area contributed by atoms with Crippen molar-refractivity contribution in [2.75, 3.05) is 13.1 Å². The molecule has 1 aromatic carbocycles. The van der Waals surface area contributed by atoms with Crippen LogP contribution in [-0.2, 0) is 0 Å². The van der Waals surface area contributed by atoms with E-state index in [1.165, 1.54) is 10.7 Å². The van der Waals surface area contributed by atoms with Crippen molar-refractivity contribution in [2.45, 2.75) is 32.8 Å². The molecule has 3 rings (SSSR count). The molecule has 1 N–H and O–H groups in total. The molecule has 0 spiro atoms. The summed E-state index contributed by atoms with van der Waals surface area (Å²) < 4.78 is 28.4. The Labute approximate surface area is 144 Å². The van der Waals surface area contributed by atoms with Gasteiger partial charge in [0, 0.05) is 30.8 Å². The SMILES string of the molecule is Cc1cc(C(=O)N2CCCC(C(C)O)C2)nn1-c1ccc(F)cc1F. The molecule has 134 valence electrons. The Bertz CT molecular complexity index is 789. The summed E-state index contributed by atoms with van der Waals surface area (Å²) in [5.41, 5.74) is 0.892. The second-order valence-electron chi connectivity index (χ2n) is 6.57. The average Bonchev–Trinajstić information content (AvgIpc) is 2.96. The molecule has 0 saturated carbocycles. The summed E-state index contributed by atoms with van der Waals surface area (Å²) in [5, 5.41) is 14.0. The van der Waals surface area contributed by atoms with Gasteiger partial charge in [-0.1, -0.05) is 0 Å². The molecule has 1 aromatic heterocycles. The van der Waals surface area contributed by atoms with Gasteiger partial charge in [-0.05, 0) is 44.9 Å². The van der Waals surface area contributed by atoms with Gasteiger partial charge in [-0.25, -0.2) is 13.5 Å². The predicted molar refractivity (Wildman–Crippen MR) is 88.5 cm³/mol. The molecule has 1 aliphatic rings. The normalized spacial score (nSPS) is 19.1. The first-order valence-electron chi connectivity index (χ1n) is 8.36. The van der Waals surface area contributed by atoms with E-state index in [0.29, 0.717) is 18.8 Å². The maximum atomic E-state index is 14.0. The number of benzene rings is 1. The largest absolute Gasteiger partial charge is 0.393 e. The van der Waals surface area contributed by atoms with Gasteiger partial charge < -0.3 is 10.0 Å². The Morgan fingerprint density at radius 2 is 2.12 bits per heavy atom. The zero-order chi connectivity index (χ0) is 18.1. The summed E-state index contributed by atoms with van der Waals surface area (Å²) in [5.74, 6) is -1.60. The van der Waals surface area contributed by atoms with Crippen molar-refractivity contribution in [2.24, 2.45) is 5.92 Å². The number of likely N-dealkylation sites (tertiary alicyclic amines) is 1. The maximum absolute atomic E-state index is 14.0. The van der Waals surface area contributed by atoms with Crippen LogP contribution in [0.25, 0.3) is 5.69 Å². The highest BCUT2D eigenvalue weighted by Crippen LogP contribution is 2.22. The molecule has 2 heterocycles. The number of aryl methyl sites for hydroxylation is 1. The lowest BCUT2D eigenvalue weighted by Gasteiger charge is -2.33. The number of carbonyl (C=O) groups is 1. The fourth-order valence-electron chi connectivity index (χ4n) is 3.23. The standard InChI is InChI=1S/C18H21F2N3O2/c1-11-8-16(18(25)22-7-3-4-13(10-22)12(2)24)21-23(11)17-6-5-14(19)9-15(17)20/h5-6,8-9,12-13,24H,3-4,7,10H2,1-2H3. The van der Waals surface area contributed by atoms with Gasteiger partial charge in [-0.2, -0.15) is 5.10 Å². The number of aliphatic hydroxyl groups is 1. The molecule has 1 amide bonds. The Hall–Kier alpha value is -2.28. The second-order valence-corrected chi connectivity index (χ2v) is 6.57. The Balaban J connectivity index is 1.85. The molecular formula is C18H21F2N3O2. The minimum Gasteiger partial charge on any atom is -0.393 e. The minimum atomic E-state index is -0.739. The average molecular weight is 349 g/mol. The molecule has 7 heteroatoms. The van der Waals surface area contributed by atoms with Crippen LogP contribution in [0.4, 0.5) is 8.78 Å². The second kappa shape index (κ2) is 6.92. The van der Waals surface area contributed by atoms with Gasteiger partial charge in [0.2, 0.25) is 0 Å². The smallest absolute Gasteiger partial charge is 0.274 e. The maximum Gasteiger partial charge on any atom is 0.274 e. The van der Waals surface area contributed by atoms with Gasteiger partial charge in [-0.15, -0.1) is 0 Å². The lowest BCUT2D eigenvalue weighted by Crippen LogP contribution is -2.43. The Morgan fingerprint density at radius 1 is 1.36 bits per heavy atom. The van der Waals surface area contributed by atoms with Crippen LogP contribution in [0.3, 0.4) is 0 Å². The third kappa shape index (κ3) is 3.56. The summed E-state index contributed by atoms with van der Waals surface area (Å²) in [6.07, 6.45) is 1.24. The Kier molecular flexibility index (Phi) is 4.85. The Morgan fingerprint density at radius 3 is 2.80 bits per heavy atom. The van der Waals surface area contributed by atoms with E-state index < -0.39 is 17.7 Å². The molecule has 1 saturated heterocycles. The predicted octanol–water partition coefficient (Wildman–Crippen LogP) is 2.69. The summed E-state index contributed by atoms with van der Waals surface area (Å²) in [6.45, 7) is 4.53. The first-order chi connectivity index (χ1) is 11.9. The molecular weight excluding hydrogens is 328 g/mol. The van der Waals surface area contributed by atoms with Crippen LogP contribution in [0.15, 0.2) is 24.3 Å². The zero-order valence-electron chi connectivity index (χ0n) is 14.2. The third-order valence-corrected chi connectivity index (χ3v) is 4.67. The summed E-state index contributed by atoms with van der Waals surface area (Å²) in [7, 11) is 0. The van der Waals surface area contributed by atoms with Crippen molar-refractivity contribution >= 4 is 5.91 Å². The number of piperidine rings is 1. The monoisotopic (exact) mass is 349 g/mol. The number of aliphatic hydroxyl groups excluding tert-OH is 1. The van der Waals surface area contributed by atoms with E-state index in [-0.39, 0.29) is 23.2 Å². The highest BCUT2D eigenvalue weighted by atomic mass is 19.1. The highest BCUT2D eigenvalue weighted by molar-refractivity contribution is 5.92. The molecule has 0 aliphatic carbocycles. The van der Waals surface area contributed by atoms with E-state index in [1.807, 2.05) is 0 Å².